The normalized spacial score (nSPS) is 20.2. The molecule has 3 aliphatic rings. The van der Waals surface area contributed by atoms with Gasteiger partial charge in [0.15, 0.2) is 11.5 Å². The quantitative estimate of drug-likeness (QED) is 0.760. The van der Waals surface area contributed by atoms with Gasteiger partial charge in [-0.05, 0) is 36.2 Å². The summed E-state index contributed by atoms with van der Waals surface area (Å²) in [6.07, 6.45) is 0.700. The van der Waals surface area contributed by atoms with E-state index in [4.69, 9.17) is 14.2 Å². The topological polar surface area (TPSA) is 68.3 Å². The number of fused-ring (bicyclic) bond motifs is 2. The maximum atomic E-state index is 13.0. The summed E-state index contributed by atoms with van der Waals surface area (Å²) in [7, 11) is 0. The molecule has 0 saturated carbocycles. The highest BCUT2D eigenvalue weighted by Crippen LogP contribution is 2.31. The average molecular weight is 408 g/mol. The number of rotatable bonds is 2. The molecular formula is C23H24N2O5. The number of para-hydroxylation sites is 1. The zero-order valence-electron chi connectivity index (χ0n) is 16.7. The van der Waals surface area contributed by atoms with Gasteiger partial charge in [0, 0.05) is 31.7 Å². The van der Waals surface area contributed by atoms with Crippen LogP contribution in [-0.4, -0.2) is 67.6 Å². The van der Waals surface area contributed by atoms with E-state index in [1.54, 1.807) is 23.1 Å². The summed E-state index contributed by atoms with van der Waals surface area (Å²) in [6, 6.07) is 13.2. The molecule has 3 aliphatic heterocycles. The van der Waals surface area contributed by atoms with Crippen molar-refractivity contribution in [1.82, 2.24) is 9.80 Å². The fourth-order valence-electron chi connectivity index (χ4n) is 4.23. The monoisotopic (exact) mass is 408 g/mol. The molecule has 0 bridgehead atoms. The van der Waals surface area contributed by atoms with Gasteiger partial charge in [-0.2, -0.15) is 0 Å². The Morgan fingerprint density at radius 3 is 2.37 bits per heavy atom. The van der Waals surface area contributed by atoms with Crippen molar-refractivity contribution in [2.75, 3.05) is 46.0 Å². The standard InChI is InChI=1S/C23H24N2O5/c26-22(17-5-6-20-21(14-17)29-12-11-28-20)24-7-9-25(10-8-24)23(27)18-13-16-3-1-2-4-19(16)30-15-18/h1-6,14,18H,7-13,15H2. The van der Waals surface area contributed by atoms with Crippen LogP contribution >= 0.6 is 0 Å². The number of piperazine rings is 1. The van der Waals surface area contributed by atoms with E-state index in [2.05, 4.69) is 0 Å². The molecule has 0 radical (unpaired) electrons. The molecule has 1 fully saturated rings. The number of amides is 2. The van der Waals surface area contributed by atoms with Gasteiger partial charge in [0.25, 0.3) is 5.91 Å². The van der Waals surface area contributed by atoms with Gasteiger partial charge in [0.2, 0.25) is 5.91 Å². The van der Waals surface area contributed by atoms with Gasteiger partial charge in [-0.1, -0.05) is 18.2 Å². The van der Waals surface area contributed by atoms with Crippen molar-refractivity contribution in [2.45, 2.75) is 6.42 Å². The Morgan fingerprint density at radius 1 is 0.800 bits per heavy atom. The second kappa shape index (κ2) is 7.89. The van der Waals surface area contributed by atoms with E-state index in [0.29, 0.717) is 69.5 Å². The van der Waals surface area contributed by atoms with Crippen molar-refractivity contribution < 1.29 is 23.8 Å². The summed E-state index contributed by atoms with van der Waals surface area (Å²) in [5, 5.41) is 0. The summed E-state index contributed by atoms with van der Waals surface area (Å²) in [4.78, 5) is 29.5. The predicted molar refractivity (Wildman–Crippen MR) is 109 cm³/mol. The first-order chi connectivity index (χ1) is 14.7. The van der Waals surface area contributed by atoms with Gasteiger partial charge in [0.05, 0.1) is 5.92 Å². The van der Waals surface area contributed by atoms with E-state index in [1.165, 1.54) is 0 Å². The van der Waals surface area contributed by atoms with Crippen LogP contribution < -0.4 is 14.2 Å². The second-order valence-electron chi connectivity index (χ2n) is 7.80. The Bertz CT molecular complexity index is 968. The summed E-state index contributed by atoms with van der Waals surface area (Å²) in [5.41, 5.74) is 1.66. The highest BCUT2D eigenvalue weighted by molar-refractivity contribution is 5.95. The van der Waals surface area contributed by atoms with Crippen molar-refractivity contribution in [2.24, 2.45) is 5.92 Å². The van der Waals surface area contributed by atoms with Crippen LogP contribution in [0.5, 0.6) is 17.2 Å². The molecule has 0 N–H and O–H groups in total. The molecular weight excluding hydrogens is 384 g/mol. The van der Waals surface area contributed by atoms with Crippen LogP contribution in [0.25, 0.3) is 0 Å². The minimum atomic E-state index is -0.167. The lowest BCUT2D eigenvalue weighted by Gasteiger charge is -2.37. The minimum absolute atomic E-state index is 0.0472. The van der Waals surface area contributed by atoms with Crippen LogP contribution in [-0.2, 0) is 11.2 Å². The number of carbonyl (C=O) groups excluding carboxylic acids is 2. The second-order valence-corrected chi connectivity index (χ2v) is 7.80. The predicted octanol–water partition coefficient (Wildman–Crippen LogP) is 1.99. The van der Waals surface area contributed by atoms with Crippen LogP contribution in [0, 0.1) is 5.92 Å². The number of ether oxygens (including phenoxy) is 3. The van der Waals surface area contributed by atoms with Gasteiger partial charge in [0.1, 0.15) is 25.6 Å². The van der Waals surface area contributed by atoms with Crippen LogP contribution in [0.4, 0.5) is 0 Å². The summed E-state index contributed by atoms with van der Waals surface area (Å²) < 4.78 is 16.9. The Balaban J connectivity index is 1.19. The van der Waals surface area contributed by atoms with Crippen molar-refractivity contribution in [3.8, 4) is 17.2 Å². The molecule has 156 valence electrons. The first-order valence-electron chi connectivity index (χ1n) is 10.4. The molecule has 2 aromatic rings. The van der Waals surface area contributed by atoms with E-state index < -0.39 is 0 Å². The maximum absolute atomic E-state index is 13.0. The third kappa shape index (κ3) is 3.56. The summed E-state index contributed by atoms with van der Waals surface area (Å²) >= 11 is 0. The highest BCUT2D eigenvalue weighted by atomic mass is 16.6. The molecule has 2 aromatic carbocycles. The number of benzene rings is 2. The van der Waals surface area contributed by atoms with E-state index in [9.17, 15) is 9.59 Å². The first-order valence-corrected chi connectivity index (χ1v) is 10.4. The lowest BCUT2D eigenvalue weighted by atomic mass is 9.95. The number of carbonyl (C=O) groups is 2. The maximum Gasteiger partial charge on any atom is 0.254 e. The molecule has 30 heavy (non-hydrogen) atoms. The van der Waals surface area contributed by atoms with Crippen molar-refractivity contribution in [3.05, 3.63) is 53.6 Å². The lowest BCUT2D eigenvalue weighted by molar-refractivity contribution is -0.138. The third-order valence-electron chi connectivity index (χ3n) is 5.90. The molecule has 7 heteroatoms. The van der Waals surface area contributed by atoms with Gasteiger partial charge in [-0.15, -0.1) is 0 Å². The molecule has 0 spiro atoms. The molecule has 0 aromatic heterocycles. The molecule has 0 aliphatic carbocycles. The van der Waals surface area contributed by atoms with Crippen molar-refractivity contribution in [1.29, 1.82) is 0 Å². The van der Waals surface area contributed by atoms with Crippen molar-refractivity contribution in [3.63, 3.8) is 0 Å². The summed E-state index contributed by atoms with van der Waals surface area (Å²) in [5.74, 6) is 2.05. The Morgan fingerprint density at radius 2 is 1.53 bits per heavy atom. The zero-order valence-corrected chi connectivity index (χ0v) is 16.7. The van der Waals surface area contributed by atoms with Crippen molar-refractivity contribution >= 4 is 11.8 Å². The SMILES string of the molecule is O=C(c1ccc2c(c1)OCCO2)N1CCN(C(=O)C2COc3ccccc3C2)CC1. The van der Waals surface area contributed by atoms with E-state index >= 15 is 0 Å². The number of hydrogen-bond acceptors (Lipinski definition) is 5. The Labute approximate surface area is 175 Å². The Hall–Kier alpha value is -3.22. The van der Waals surface area contributed by atoms with Gasteiger partial charge in [-0.25, -0.2) is 0 Å². The molecule has 1 unspecified atom stereocenters. The van der Waals surface area contributed by atoms with Crippen LogP contribution in [0.1, 0.15) is 15.9 Å². The number of nitrogens with zero attached hydrogens (tertiary/aromatic N) is 2. The van der Waals surface area contributed by atoms with Crippen LogP contribution in [0.3, 0.4) is 0 Å². The fraction of sp³-hybridized carbons (Fsp3) is 0.391. The van der Waals surface area contributed by atoms with Gasteiger partial charge >= 0.3 is 0 Å². The van der Waals surface area contributed by atoms with Crippen LogP contribution in [0.15, 0.2) is 42.5 Å². The third-order valence-corrected chi connectivity index (χ3v) is 5.90. The van der Waals surface area contributed by atoms with E-state index in [1.807, 2.05) is 29.2 Å². The first kappa shape index (κ1) is 18.8. The van der Waals surface area contributed by atoms with E-state index in [-0.39, 0.29) is 17.7 Å². The molecule has 2 amide bonds. The molecule has 1 atom stereocenters. The lowest BCUT2D eigenvalue weighted by Crippen LogP contribution is -2.53. The highest BCUT2D eigenvalue weighted by Gasteiger charge is 2.32. The smallest absolute Gasteiger partial charge is 0.254 e. The van der Waals surface area contributed by atoms with Gasteiger partial charge in [-0.3, -0.25) is 9.59 Å². The van der Waals surface area contributed by atoms with Crippen LogP contribution in [0.2, 0.25) is 0 Å². The minimum Gasteiger partial charge on any atom is -0.492 e. The zero-order chi connectivity index (χ0) is 20.5. The largest absolute Gasteiger partial charge is 0.492 e. The molecule has 7 nitrogen and oxygen atoms in total. The Kier molecular flexibility index (Phi) is 4.94. The molecule has 3 heterocycles. The van der Waals surface area contributed by atoms with E-state index in [0.717, 1.165) is 11.3 Å². The average Bonchev–Trinajstić information content (AvgIpc) is 2.82. The van der Waals surface area contributed by atoms with Gasteiger partial charge < -0.3 is 24.0 Å². The molecule has 5 rings (SSSR count). The number of hydrogen-bond donors (Lipinski definition) is 0. The molecule has 1 saturated heterocycles. The fourth-order valence-corrected chi connectivity index (χ4v) is 4.23. The summed E-state index contributed by atoms with van der Waals surface area (Å²) in [6.45, 7) is 3.52.